The van der Waals surface area contributed by atoms with Crippen molar-refractivity contribution in [3.8, 4) is 11.5 Å². The van der Waals surface area contributed by atoms with Crippen LogP contribution in [0.2, 0.25) is 5.02 Å². The Balaban J connectivity index is 1.65. The van der Waals surface area contributed by atoms with Gasteiger partial charge in [0.1, 0.15) is 18.0 Å². The second-order valence-corrected chi connectivity index (χ2v) is 15.1. The highest BCUT2D eigenvalue weighted by Gasteiger charge is 2.54. The first-order chi connectivity index (χ1) is 22.6. The highest BCUT2D eigenvalue weighted by Crippen LogP contribution is 2.63. The molecule has 5 rings (SSSR count). The first kappa shape index (κ1) is 33.8. The average Bonchev–Trinajstić information content (AvgIpc) is 3.07. The number of benzene rings is 4. The van der Waals surface area contributed by atoms with Crippen molar-refractivity contribution in [2.75, 3.05) is 24.4 Å². The Morgan fingerprint density at radius 3 is 1.94 bits per heavy atom. The molecule has 47 heavy (non-hydrogen) atoms. The van der Waals surface area contributed by atoms with Crippen LogP contribution in [0.3, 0.4) is 0 Å². The zero-order valence-corrected chi connectivity index (χ0v) is 28.1. The van der Waals surface area contributed by atoms with Crippen LogP contribution in [-0.2, 0) is 18.7 Å². The first-order valence-corrected chi connectivity index (χ1v) is 18.3. The number of nitrogens with zero attached hydrogens (tertiary/aromatic N) is 2. The van der Waals surface area contributed by atoms with Crippen LogP contribution in [0, 0.1) is 0 Å². The molecule has 0 saturated carbocycles. The van der Waals surface area contributed by atoms with Crippen LogP contribution in [0.4, 0.5) is 10.5 Å². The van der Waals surface area contributed by atoms with Crippen molar-refractivity contribution in [1.82, 2.24) is 9.99 Å². The molecule has 4 aromatic carbocycles. The Morgan fingerprint density at radius 2 is 1.38 bits per heavy atom. The fourth-order valence-electron chi connectivity index (χ4n) is 5.05. The van der Waals surface area contributed by atoms with Crippen LogP contribution in [0.25, 0.3) is 0 Å². The maximum atomic E-state index is 15.2. The van der Waals surface area contributed by atoms with Crippen LogP contribution in [0.1, 0.15) is 35.6 Å². The minimum Gasteiger partial charge on any atom is -0.465 e. The lowest BCUT2D eigenvalue weighted by atomic mass is 10.1. The third-order valence-corrected chi connectivity index (χ3v) is 12.2. The molecule has 0 aliphatic carbocycles. The van der Waals surface area contributed by atoms with Crippen molar-refractivity contribution < 1.29 is 37.3 Å². The normalized spacial score (nSPS) is 16.5. The van der Waals surface area contributed by atoms with Crippen molar-refractivity contribution >= 4 is 49.9 Å². The summed E-state index contributed by atoms with van der Waals surface area (Å²) in [6.45, 7) is 2.46. The molecule has 0 radical (unpaired) electrons. The van der Waals surface area contributed by atoms with Crippen molar-refractivity contribution in [1.29, 1.82) is 0 Å². The Kier molecular flexibility index (Phi) is 10.4. The molecule has 14 heteroatoms. The maximum Gasteiger partial charge on any atom is 0.457 e. The van der Waals surface area contributed by atoms with Gasteiger partial charge in [0.2, 0.25) is 0 Å². The number of nitrogens with one attached hydrogen (secondary N) is 1. The number of hydrogen-bond acceptors (Lipinski definition) is 8. The molecule has 0 saturated heterocycles. The predicted molar refractivity (Wildman–Crippen MR) is 179 cm³/mol. The number of halogens is 1. The van der Waals surface area contributed by atoms with Gasteiger partial charge in [0.05, 0.1) is 17.9 Å². The summed E-state index contributed by atoms with van der Waals surface area (Å²) >= 11 is 6.18. The monoisotopic (exact) mass is 695 g/mol. The van der Waals surface area contributed by atoms with E-state index in [9.17, 15) is 14.4 Å². The molecule has 0 spiro atoms. The van der Waals surface area contributed by atoms with Crippen molar-refractivity contribution in [2.45, 2.75) is 19.6 Å². The number of amides is 2. The smallest absolute Gasteiger partial charge is 0.457 e. The molecule has 1 heterocycles. The van der Waals surface area contributed by atoms with Gasteiger partial charge in [-0.25, -0.2) is 4.57 Å². The van der Waals surface area contributed by atoms with Crippen molar-refractivity contribution in [3.63, 3.8) is 0 Å². The van der Waals surface area contributed by atoms with E-state index >= 15 is 9.13 Å². The third-order valence-electron chi connectivity index (χ3n) is 7.16. The largest absolute Gasteiger partial charge is 0.465 e. The molecule has 0 aromatic heterocycles. The standard InChI is InChI=1S/C33H32ClN3O8P2/c1-3-36-32(39)28-17-11-12-18-29(28)37(23-30(38)43-4-2)46(36,41)33(40)35-31(24-19-21-25(34)22-20-24)47(42,44-26-13-7-5-8-14-26)45-27-15-9-6-10-16-27/h5-22,31H,3-4,23H2,1-2H3,(H,35,40). The molecular weight excluding hydrogens is 664 g/mol. The first-order valence-electron chi connectivity index (χ1n) is 14.7. The number of para-hydroxylation sites is 3. The van der Waals surface area contributed by atoms with Crippen LogP contribution in [0.5, 0.6) is 11.5 Å². The minimum atomic E-state index is -4.70. The highest BCUT2D eigenvalue weighted by molar-refractivity contribution is 7.80. The number of carbonyl (C=O) groups excluding carboxylic acids is 3. The van der Waals surface area contributed by atoms with Gasteiger partial charge in [-0.3, -0.25) is 28.3 Å². The topological polar surface area (TPSA) is 132 Å². The lowest BCUT2D eigenvalue weighted by Crippen LogP contribution is -2.48. The van der Waals surface area contributed by atoms with E-state index in [2.05, 4.69) is 5.32 Å². The fraction of sp³-hybridized carbons (Fsp3) is 0.182. The number of anilines is 1. The number of rotatable bonds is 12. The molecule has 2 atom stereocenters. The van der Waals surface area contributed by atoms with Gasteiger partial charge >= 0.3 is 26.7 Å². The summed E-state index contributed by atoms with van der Waals surface area (Å²) in [4.78, 5) is 41.1. The molecule has 2 unspecified atom stereocenters. The van der Waals surface area contributed by atoms with Crippen molar-refractivity contribution in [3.05, 3.63) is 125 Å². The van der Waals surface area contributed by atoms with E-state index in [4.69, 9.17) is 25.4 Å². The van der Waals surface area contributed by atoms with Gasteiger partial charge in [-0.15, -0.1) is 0 Å². The summed E-state index contributed by atoms with van der Waals surface area (Å²) in [6.07, 6.45) is 0. The molecular formula is C33H32ClN3O8P2. The lowest BCUT2D eigenvalue weighted by molar-refractivity contribution is -0.141. The van der Waals surface area contributed by atoms with E-state index in [-0.39, 0.29) is 41.5 Å². The van der Waals surface area contributed by atoms with Gasteiger partial charge in [0.25, 0.3) is 5.91 Å². The summed E-state index contributed by atoms with van der Waals surface area (Å²) in [7, 11) is -9.22. The second kappa shape index (κ2) is 14.5. The van der Waals surface area contributed by atoms with Crippen LogP contribution < -0.4 is 19.0 Å². The Bertz CT molecular complexity index is 1800. The quantitative estimate of drug-likeness (QED) is 0.115. The number of ether oxygens (including phenoxy) is 1. The van der Waals surface area contributed by atoms with Gasteiger partial charge in [-0.2, -0.15) is 0 Å². The minimum absolute atomic E-state index is 0.0384. The number of esters is 1. The molecule has 244 valence electrons. The van der Waals surface area contributed by atoms with Crippen LogP contribution in [-0.4, -0.2) is 41.9 Å². The highest BCUT2D eigenvalue weighted by atomic mass is 35.5. The van der Waals surface area contributed by atoms with E-state index in [0.29, 0.717) is 5.02 Å². The molecule has 4 aromatic rings. The molecule has 1 aliphatic rings. The van der Waals surface area contributed by atoms with Crippen LogP contribution >= 0.6 is 26.6 Å². The SMILES string of the molecule is CCOC(=O)CN1c2ccccc2C(=O)N(CC)P1(=O)C(=O)NC(c1ccc(Cl)cc1)P(=O)(Oc1ccccc1)Oc1ccccc1. The molecule has 2 amide bonds. The van der Waals surface area contributed by atoms with Gasteiger partial charge in [0, 0.05) is 11.6 Å². The predicted octanol–water partition coefficient (Wildman–Crippen LogP) is 8.14. The number of fused-ring (bicyclic) bond motifs is 1. The second-order valence-electron chi connectivity index (χ2n) is 10.2. The zero-order valence-electron chi connectivity index (χ0n) is 25.5. The lowest BCUT2D eigenvalue weighted by Gasteiger charge is -2.43. The number of carbonyl (C=O) groups is 3. The molecule has 0 fully saturated rings. The fourth-order valence-corrected chi connectivity index (χ4v) is 9.68. The summed E-state index contributed by atoms with van der Waals surface area (Å²) < 4.78 is 49.5. The van der Waals surface area contributed by atoms with E-state index in [0.717, 1.165) is 9.34 Å². The van der Waals surface area contributed by atoms with Gasteiger partial charge in [-0.05, 0) is 67.9 Å². The summed E-state index contributed by atoms with van der Waals surface area (Å²) in [5.74, 6) is -2.66. The maximum absolute atomic E-state index is 15.2. The number of hydrogen-bond donors (Lipinski definition) is 1. The Hall–Kier alpha value is -4.56. The molecule has 0 bridgehead atoms. The van der Waals surface area contributed by atoms with Gasteiger partial charge < -0.3 is 19.1 Å². The summed E-state index contributed by atoms with van der Waals surface area (Å²) in [5, 5.41) is 3.01. The van der Waals surface area contributed by atoms with Crippen molar-refractivity contribution in [2.24, 2.45) is 0 Å². The molecule has 1 aliphatic heterocycles. The van der Waals surface area contributed by atoms with Gasteiger partial charge in [-0.1, -0.05) is 72.3 Å². The zero-order chi connectivity index (χ0) is 33.6. The van der Waals surface area contributed by atoms with E-state index in [1.165, 1.54) is 36.4 Å². The summed E-state index contributed by atoms with van der Waals surface area (Å²) in [6, 6.07) is 28.8. The molecule has 1 N–H and O–H groups in total. The van der Waals surface area contributed by atoms with E-state index in [1.54, 1.807) is 86.6 Å². The van der Waals surface area contributed by atoms with E-state index in [1.807, 2.05) is 0 Å². The Labute approximate surface area is 277 Å². The van der Waals surface area contributed by atoms with Gasteiger partial charge in [0.15, 0.2) is 5.78 Å². The third kappa shape index (κ3) is 7.08. The Morgan fingerprint density at radius 1 is 0.830 bits per heavy atom. The van der Waals surface area contributed by atoms with E-state index < -0.39 is 44.9 Å². The van der Waals surface area contributed by atoms with Crippen LogP contribution in [0.15, 0.2) is 109 Å². The summed E-state index contributed by atoms with van der Waals surface area (Å²) in [5.41, 5.74) is -0.674. The molecule has 11 nitrogen and oxygen atoms in total. The average molecular weight is 696 g/mol.